The number of carboxylic acid groups (broad SMARTS) is 1. The number of benzene rings is 6. The first kappa shape index (κ1) is 54.4. The third kappa shape index (κ3) is 13.1. The zero-order chi connectivity index (χ0) is 54.1. The van der Waals surface area contributed by atoms with Gasteiger partial charge in [0.2, 0.25) is 11.8 Å². The normalized spacial score (nSPS) is 17.3. The van der Waals surface area contributed by atoms with E-state index in [4.69, 9.17) is 4.74 Å². The summed E-state index contributed by atoms with van der Waals surface area (Å²) in [4.78, 5) is 81.9. The number of aryl methyl sites for hydroxylation is 2. The standard InChI is InChI=1S/C33H38N2O4.C32H36N2O4/c1-23-12-13-29(28(20-23)32(38)35-18-16-33(17-19-35)14-5-6-15-33)34-30(36)21-25(22-31(37)39-2)27-11-7-9-24-8-3-4-10-26(24)27;1-22-11-12-28(27(19-22)31(38)34-17-15-32(16-18-34)13-4-5-14-32)33-29(35)20-24(21-30(36)37)26-10-6-8-23-7-2-3-9-25(23)26/h3-4,7-13,20,25H,5-6,14-19,21-22H2,1-2H3,(H,34,36);2-3,6-12,19,24H,4-5,13-18,20-21H2,1H3,(H,33,35)(H,36,37). The molecule has 0 bridgehead atoms. The SMILES string of the molecule is COC(=O)CC(CC(=O)Nc1ccc(C)cc1C(=O)N1CCC2(CCCC2)CC1)c1cccc2ccccc12.Cc1ccc(NC(=O)CC(CC(=O)O)c2cccc3ccccc23)c(C(=O)N2CCC3(CCCC3)CC2)c1. The molecule has 0 radical (unpaired) electrons. The minimum atomic E-state index is -0.952. The molecule has 4 aliphatic rings. The molecule has 10 rings (SSSR count). The molecular formula is C65H74N4O8. The lowest BCUT2D eigenvalue weighted by Gasteiger charge is -2.39. The number of hydrogen-bond acceptors (Lipinski definition) is 7. The predicted octanol–water partition coefficient (Wildman–Crippen LogP) is 13.2. The fraction of sp³-hybridized carbons (Fsp3) is 0.415. The molecule has 2 spiro atoms. The van der Waals surface area contributed by atoms with Crippen molar-refractivity contribution in [3.8, 4) is 0 Å². The Balaban J connectivity index is 0.000000188. The van der Waals surface area contributed by atoms with Gasteiger partial charge < -0.3 is 30.3 Å². The molecule has 3 N–H and O–H groups in total. The number of hydrogen-bond donors (Lipinski definition) is 3. The number of carbonyl (C=O) groups excluding carboxylic acids is 5. The van der Waals surface area contributed by atoms with Crippen LogP contribution in [0.3, 0.4) is 0 Å². The molecule has 6 aromatic carbocycles. The van der Waals surface area contributed by atoms with Crippen LogP contribution in [0.1, 0.15) is 158 Å². The molecule has 2 saturated heterocycles. The fourth-order valence-electron chi connectivity index (χ4n) is 13.0. The van der Waals surface area contributed by atoms with Gasteiger partial charge in [-0.1, -0.05) is 134 Å². The van der Waals surface area contributed by atoms with E-state index in [1.54, 1.807) is 6.07 Å². The average molecular weight is 1040 g/mol. The van der Waals surface area contributed by atoms with Crippen molar-refractivity contribution in [1.29, 1.82) is 0 Å². The second-order valence-electron chi connectivity index (χ2n) is 22.5. The van der Waals surface area contributed by atoms with E-state index in [0.717, 1.165) is 95.7 Å². The molecule has 402 valence electrons. The number of fused-ring (bicyclic) bond motifs is 2. The third-order valence-electron chi connectivity index (χ3n) is 17.4. The van der Waals surface area contributed by atoms with Gasteiger partial charge in [-0.3, -0.25) is 28.8 Å². The molecule has 2 aliphatic carbocycles. The largest absolute Gasteiger partial charge is 0.481 e. The Hall–Kier alpha value is -7.34. The van der Waals surface area contributed by atoms with Crippen molar-refractivity contribution in [2.75, 3.05) is 43.9 Å². The highest BCUT2D eigenvalue weighted by Crippen LogP contribution is 2.48. The number of aliphatic carboxylic acids is 1. The number of ether oxygens (including phenoxy) is 1. The maximum atomic E-state index is 13.6. The fourth-order valence-corrected chi connectivity index (χ4v) is 13.0. The third-order valence-corrected chi connectivity index (χ3v) is 17.4. The smallest absolute Gasteiger partial charge is 0.306 e. The highest BCUT2D eigenvalue weighted by molar-refractivity contribution is 6.05. The summed E-state index contributed by atoms with van der Waals surface area (Å²) in [6, 6.07) is 38.6. The first-order valence-corrected chi connectivity index (χ1v) is 27.8. The highest BCUT2D eigenvalue weighted by Gasteiger charge is 2.40. The van der Waals surface area contributed by atoms with E-state index in [-0.39, 0.29) is 61.2 Å². The number of likely N-dealkylation sites (tertiary alicyclic amines) is 2. The van der Waals surface area contributed by atoms with E-state index in [1.807, 2.05) is 139 Å². The van der Waals surface area contributed by atoms with Crippen LogP contribution in [0, 0.1) is 24.7 Å². The van der Waals surface area contributed by atoms with Crippen molar-refractivity contribution >= 4 is 68.5 Å². The molecule has 2 atom stereocenters. The van der Waals surface area contributed by atoms with Crippen LogP contribution in [0.2, 0.25) is 0 Å². The second kappa shape index (κ2) is 24.3. The number of amides is 4. The maximum absolute atomic E-state index is 13.6. The van der Waals surface area contributed by atoms with Crippen LogP contribution < -0.4 is 10.6 Å². The van der Waals surface area contributed by atoms with E-state index in [2.05, 4.69) is 10.6 Å². The Morgan fingerprint density at radius 2 is 0.896 bits per heavy atom. The lowest BCUT2D eigenvalue weighted by Crippen LogP contribution is -2.42. The Bertz CT molecular complexity index is 3120. The zero-order valence-corrected chi connectivity index (χ0v) is 45.0. The van der Waals surface area contributed by atoms with Crippen LogP contribution in [0.25, 0.3) is 21.5 Å². The summed E-state index contributed by atoms with van der Waals surface area (Å²) in [5, 5.41) is 19.6. The number of nitrogens with one attached hydrogen (secondary N) is 2. The topological polar surface area (TPSA) is 162 Å². The zero-order valence-electron chi connectivity index (χ0n) is 45.0. The predicted molar refractivity (Wildman–Crippen MR) is 303 cm³/mol. The van der Waals surface area contributed by atoms with Gasteiger partial charge in [-0.25, -0.2) is 0 Å². The van der Waals surface area contributed by atoms with Gasteiger partial charge in [0.1, 0.15) is 0 Å². The molecule has 6 aromatic rings. The Morgan fingerprint density at radius 3 is 1.30 bits per heavy atom. The average Bonchev–Trinajstić information content (AvgIpc) is 4.10. The van der Waals surface area contributed by atoms with Crippen LogP contribution in [0.5, 0.6) is 0 Å². The first-order chi connectivity index (χ1) is 37.2. The molecule has 4 fully saturated rings. The maximum Gasteiger partial charge on any atom is 0.306 e. The minimum Gasteiger partial charge on any atom is -0.481 e. The van der Waals surface area contributed by atoms with Crippen LogP contribution in [-0.2, 0) is 23.9 Å². The second-order valence-corrected chi connectivity index (χ2v) is 22.5. The lowest BCUT2D eigenvalue weighted by atomic mass is 9.77. The van der Waals surface area contributed by atoms with E-state index in [0.29, 0.717) is 33.3 Å². The lowest BCUT2D eigenvalue weighted by molar-refractivity contribution is -0.141. The van der Waals surface area contributed by atoms with Crippen LogP contribution in [0.4, 0.5) is 11.4 Å². The van der Waals surface area contributed by atoms with Gasteiger partial charge in [0.05, 0.1) is 42.5 Å². The van der Waals surface area contributed by atoms with Gasteiger partial charge in [-0.15, -0.1) is 0 Å². The molecule has 2 heterocycles. The van der Waals surface area contributed by atoms with Gasteiger partial charge in [-0.2, -0.15) is 0 Å². The van der Waals surface area contributed by atoms with E-state index >= 15 is 0 Å². The van der Waals surface area contributed by atoms with Crippen molar-refractivity contribution in [1.82, 2.24) is 9.80 Å². The van der Waals surface area contributed by atoms with E-state index < -0.39 is 11.9 Å². The number of rotatable bonds is 14. The quantitative estimate of drug-likeness (QED) is 0.0908. The molecule has 2 unspecified atom stereocenters. The molecule has 77 heavy (non-hydrogen) atoms. The van der Waals surface area contributed by atoms with E-state index in [9.17, 15) is 33.9 Å². The molecule has 4 amide bonds. The number of carbonyl (C=O) groups is 6. The monoisotopic (exact) mass is 1040 g/mol. The molecule has 12 nitrogen and oxygen atoms in total. The van der Waals surface area contributed by atoms with Crippen LogP contribution in [0.15, 0.2) is 121 Å². The van der Waals surface area contributed by atoms with Crippen molar-refractivity contribution in [3.63, 3.8) is 0 Å². The summed E-state index contributed by atoms with van der Waals surface area (Å²) in [6.07, 6.45) is 14.6. The van der Waals surface area contributed by atoms with Gasteiger partial charge in [-0.05, 0) is 133 Å². The Kier molecular flexibility index (Phi) is 17.2. The van der Waals surface area contributed by atoms with E-state index in [1.165, 1.54) is 58.5 Å². The molecular weight excluding hydrogens is 965 g/mol. The molecule has 2 saturated carbocycles. The van der Waals surface area contributed by atoms with Crippen molar-refractivity contribution in [2.45, 2.75) is 128 Å². The highest BCUT2D eigenvalue weighted by atomic mass is 16.5. The summed E-state index contributed by atoms with van der Waals surface area (Å²) in [5.41, 5.74) is 6.58. The summed E-state index contributed by atoms with van der Waals surface area (Å²) >= 11 is 0. The number of piperidine rings is 2. The number of carboxylic acids is 1. The number of esters is 1. The summed E-state index contributed by atoms with van der Waals surface area (Å²) in [5.74, 6) is -2.78. The van der Waals surface area contributed by atoms with Crippen LogP contribution in [-0.4, -0.2) is 83.8 Å². The first-order valence-electron chi connectivity index (χ1n) is 27.8. The molecule has 12 heteroatoms. The van der Waals surface area contributed by atoms with Gasteiger partial charge in [0.25, 0.3) is 11.8 Å². The summed E-state index contributed by atoms with van der Waals surface area (Å²) in [6.45, 7) is 6.93. The molecule has 2 aliphatic heterocycles. The van der Waals surface area contributed by atoms with Gasteiger partial charge in [0, 0.05) is 50.9 Å². The number of anilines is 2. The summed E-state index contributed by atoms with van der Waals surface area (Å²) < 4.78 is 4.96. The number of nitrogens with zero attached hydrogens (tertiary/aromatic N) is 2. The Labute approximate surface area is 452 Å². The van der Waals surface area contributed by atoms with Crippen molar-refractivity contribution in [3.05, 3.63) is 155 Å². The Morgan fingerprint density at radius 1 is 0.506 bits per heavy atom. The minimum absolute atomic E-state index is 0.00798. The van der Waals surface area contributed by atoms with Gasteiger partial charge in [0.15, 0.2) is 0 Å². The van der Waals surface area contributed by atoms with Crippen molar-refractivity contribution in [2.24, 2.45) is 10.8 Å². The molecule has 0 aromatic heterocycles. The van der Waals surface area contributed by atoms with Crippen molar-refractivity contribution < 1.29 is 38.6 Å². The van der Waals surface area contributed by atoms with Crippen LogP contribution >= 0.6 is 0 Å². The number of methoxy groups -OCH3 is 1. The van der Waals surface area contributed by atoms with Gasteiger partial charge >= 0.3 is 11.9 Å². The summed E-state index contributed by atoms with van der Waals surface area (Å²) in [7, 11) is 1.36.